The molecule has 2 aromatic heterocycles. The number of rotatable bonds is 6. The number of fused-ring (bicyclic) bond motifs is 1. The number of ether oxygens (including phenoxy) is 2. The number of aryl methyl sites for hydroxylation is 2. The van der Waals surface area contributed by atoms with Crippen LogP contribution in [0.15, 0.2) is 34.9 Å². The van der Waals surface area contributed by atoms with Crippen molar-refractivity contribution >= 4 is 28.6 Å². The van der Waals surface area contributed by atoms with Crippen LogP contribution in [0.25, 0.3) is 11.1 Å². The number of pyridine rings is 1. The lowest BCUT2D eigenvalue weighted by Gasteiger charge is -2.42. The molecule has 0 N–H and O–H groups in total. The van der Waals surface area contributed by atoms with E-state index in [4.69, 9.17) is 25.5 Å². The zero-order chi connectivity index (χ0) is 22.9. The van der Waals surface area contributed by atoms with Crippen molar-refractivity contribution in [3.05, 3.63) is 52.6 Å². The molecule has 1 fully saturated rings. The van der Waals surface area contributed by atoms with Crippen molar-refractivity contribution < 1.29 is 23.1 Å². The summed E-state index contributed by atoms with van der Waals surface area (Å²) in [4.78, 5) is 23.6. The van der Waals surface area contributed by atoms with Crippen LogP contribution in [0, 0.1) is 0 Å². The number of halogens is 2. The molecule has 1 amide bonds. The summed E-state index contributed by atoms with van der Waals surface area (Å²) in [6.45, 7) is 3.53. The number of alkyl halides is 1. The number of hydrogen-bond donors (Lipinski definition) is 0. The number of oxazole rings is 1. The molecule has 0 saturated carbocycles. The molecule has 1 aliphatic heterocycles. The Hall–Kier alpha value is -2.71. The molecule has 9 heteroatoms. The van der Waals surface area contributed by atoms with Gasteiger partial charge in [-0.15, -0.1) is 0 Å². The van der Waals surface area contributed by atoms with Crippen LogP contribution in [-0.2, 0) is 17.6 Å². The second-order valence-corrected chi connectivity index (χ2v) is 8.85. The number of benzene rings is 1. The summed E-state index contributed by atoms with van der Waals surface area (Å²) in [7, 11) is 1.50. The van der Waals surface area contributed by atoms with E-state index in [1.165, 1.54) is 12.0 Å². The van der Waals surface area contributed by atoms with Gasteiger partial charge in [-0.25, -0.2) is 9.37 Å². The molecular weight excluding hydrogens is 437 g/mol. The normalized spacial score (nSPS) is 18.2. The van der Waals surface area contributed by atoms with E-state index in [2.05, 4.69) is 9.97 Å². The highest BCUT2D eigenvalue weighted by Crippen LogP contribution is 2.31. The van der Waals surface area contributed by atoms with E-state index in [9.17, 15) is 9.18 Å². The highest BCUT2D eigenvalue weighted by molar-refractivity contribution is 6.30. The Balaban J connectivity index is 1.61. The number of carbonyl (C=O) groups excluding carboxylic acids is 1. The van der Waals surface area contributed by atoms with Crippen molar-refractivity contribution in [3.63, 3.8) is 0 Å². The Morgan fingerprint density at radius 3 is 2.88 bits per heavy atom. The van der Waals surface area contributed by atoms with Crippen LogP contribution in [0.1, 0.15) is 35.8 Å². The van der Waals surface area contributed by atoms with Gasteiger partial charge >= 0.3 is 0 Å². The van der Waals surface area contributed by atoms with Gasteiger partial charge in [0.1, 0.15) is 12.2 Å². The van der Waals surface area contributed by atoms with Gasteiger partial charge in [0, 0.05) is 35.4 Å². The zero-order valence-electron chi connectivity index (χ0n) is 18.2. The molecule has 7 nitrogen and oxygen atoms in total. The molecule has 1 unspecified atom stereocenters. The van der Waals surface area contributed by atoms with E-state index >= 15 is 0 Å². The van der Waals surface area contributed by atoms with Gasteiger partial charge in [0.05, 0.1) is 25.4 Å². The lowest BCUT2D eigenvalue weighted by molar-refractivity contribution is -0.105. The molecule has 0 spiro atoms. The predicted octanol–water partition coefficient (Wildman–Crippen LogP) is 4.26. The quantitative estimate of drug-likeness (QED) is 0.546. The van der Waals surface area contributed by atoms with Crippen LogP contribution in [0.3, 0.4) is 0 Å². The maximum atomic E-state index is 13.6. The van der Waals surface area contributed by atoms with E-state index in [-0.39, 0.29) is 19.1 Å². The largest absolute Gasteiger partial charge is 0.493 e. The average Bonchev–Trinajstić information content (AvgIpc) is 3.19. The van der Waals surface area contributed by atoms with E-state index in [0.717, 1.165) is 5.69 Å². The molecule has 0 radical (unpaired) electrons. The summed E-state index contributed by atoms with van der Waals surface area (Å²) in [5.74, 6) is 0.602. The van der Waals surface area contributed by atoms with Gasteiger partial charge < -0.3 is 18.8 Å². The van der Waals surface area contributed by atoms with E-state index in [1.807, 2.05) is 13.8 Å². The van der Waals surface area contributed by atoms with Crippen LogP contribution in [0.4, 0.5) is 4.39 Å². The fourth-order valence-electron chi connectivity index (χ4n) is 3.78. The van der Waals surface area contributed by atoms with Crippen molar-refractivity contribution in [2.45, 2.75) is 38.3 Å². The summed E-state index contributed by atoms with van der Waals surface area (Å²) in [5, 5.41) is 0.621. The van der Waals surface area contributed by atoms with Gasteiger partial charge in [0.25, 0.3) is 5.91 Å². The molecule has 1 aliphatic rings. The minimum atomic E-state index is -0.674. The average molecular weight is 462 g/mol. The Kier molecular flexibility index (Phi) is 6.35. The molecule has 4 rings (SSSR count). The van der Waals surface area contributed by atoms with Crippen LogP contribution in [0.2, 0.25) is 5.02 Å². The van der Waals surface area contributed by atoms with Crippen molar-refractivity contribution in [1.29, 1.82) is 0 Å². The fourth-order valence-corrected chi connectivity index (χ4v) is 3.96. The first-order chi connectivity index (χ1) is 15.3. The van der Waals surface area contributed by atoms with Gasteiger partial charge in [-0.1, -0.05) is 11.6 Å². The van der Waals surface area contributed by atoms with Gasteiger partial charge in [0.2, 0.25) is 0 Å². The lowest BCUT2D eigenvalue weighted by Crippen LogP contribution is -2.57. The molecule has 0 bridgehead atoms. The van der Waals surface area contributed by atoms with Crippen molar-refractivity contribution in [1.82, 2.24) is 14.9 Å². The Morgan fingerprint density at radius 2 is 2.16 bits per heavy atom. The van der Waals surface area contributed by atoms with Gasteiger partial charge in [0.15, 0.2) is 17.2 Å². The number of carbonyl (C=O) groups is 1. The van der Waals surface area contributed by atoms with Crippen molar-refractivity contribution in [2.24, 2.45) is 0 Å². The molecule has 32 heavy (non-hydrogen) atoms. The van der Waals surface area contributed by atoms with E-state index < -0.39 is 18.3 Å². The van der Waals surface area contributed by atoms with Crippen molar-refractivity contribution in [2.75, 3.05) is 26.9 Å². The number of amides is 1. The predicted molar refractivity (Wildman–Crippen MR) is 118 cm³/mol. The lowest BCUT2D eigenvalue weighted by atomic mass is 10.0. The second-order valence-electron chi connectivity index (χ2n) is 8.41. The third kappa shape index (κ3) is 4.71. The van der Waals surface area contributed by atoms with Crippen LogP contribution in [-0.4, -0.2) is 59.4 Å². The highest BCUT2D eigenvalue weighted by Gasteiger charge is 2.37. The first-order valence-electron chi connectivity index (χ1n) is 10.4. The number of morpholine rings is 1. The van der Waals surface area contributed by atoms with Gasteiger partial charge in [-0.3, -0.25) is 9.78 Å². The smallest absolute Gasteiger partial charge is 0.254 e. The molecule has 1 aromatic carbocycles. The SMILES string of the molecule is COc1cc(C(=O)N2CC(C)(C)OCC2CF)cc2nc(CCc3cc(Cl)ccn3)oc12. The first kappa shape index (κ1) is 22.5. The summed E-state index contributed by atoms with van der Waals surface area (Å²) in [6.07, 6.45) is 2.76. The molecule has 170 valence electrons. The highest BCUT2D eigenvalue weighted by atomic mass is 35.5. The molecule has 1 saturated heterocycles. The number of methoxy groups -OCH3 is 1. The standard InChI is InChI=1S/C23H25ClFN3O4/c1-23(2)13-28(17(11-25)12-31-23)22(29)14-8-18-21(19(9-14)30-3)32-20(27-18)5-4-16-10-15(24)6-7-26-16/h6-10,17H,4-5,11-13H2,1-3H3. The van der Waals surface area contributed by atoms with Crippen LogP contribution in [0.5, 0.6) is 5.75 Å². The fraction of sp³-hybridized carbons (Fsp3) is 0.435. The molecule has 0 aliphatic carbocycles. The summed E-state index contributed by atoms with van der Waals surface area (Å²) in [5.41, 5.74) is 1.61. The van der Waals surface area contributed by atoms with Crippen molar-refractivity contribution in [3.8, 4) is 5.75 Å². The van der Waals surface area contributed by atoms with Crippen LogP contribution >= 0.6 is 11.6 Å². The van der Waals surface area contributed by atoms with Crippen LogP contribution < -0.4 is 4.74 Å². The topological polar surface area (TPSA) is 77.7 Å². The maximum Gasteiger partial charge on any atom is 0.254 e. The van der Waals surface area contributed by atoms with Gasteiger partial charge in [-0.2, -0.15) is 0 Å². The summed E-state index contributed by atoms with van der Waals surface area (Å²) < 4.78 is 30.6. The maximum absolute atomic E-state index is 13.6. The van der Waals surface area contributed by atoms with E-state index in [0.29, 0.717) is 46.2 Å². The van der Waals surface area contributed by atoms with Gasteiger partial charge in [-0.05, 0) is 44.5 Å². The minimum Gasteiger partial charge on any atom is -0.493 e. The monoisotopic (exact) mass is 461 g/mol. The minimum absolute atomic E-state index is 0.153. The molecular formula is C23H25ClFN3O4. The Morgan fingerprint density at radius 1 is 1.34 bits per heavy atom. The zero-order valence-corrected chi connectivity index (χ0v) is 19.0. The third-order valence-corrected chi connectivity index (χ3v) is 5.67. The first-order valence-corrected chi connectivity index (χ1v) is 10.8. The Labute approximate surface area is 190 Å². The third-order valence-electron chi connectivity index (χ3n) is 5.44. The summed E-state index contributed by atoms with van der Waals surface area (Å²) in [6, 6.07) is 6.15. The van der Waals surface area contributed by atoms with E-state index in [1.54, 1.807) is 30.5 Å². The molecule has 3 heterocycles. The second kappa shape index (κ2) is 9.03. The molecule has 1 atom stereocenters. The number of hydrogen-bond acceptors (Lipinski definition) is 6. The number of aromatic nitrogens is 2. The number of nitrogens with zero attached hydrogens (tertiary/aromatic N) is 3. The summed E-state index contributed by atoms with van der Waals surface area (Å²) >= 11 is 6.02. The molecule has 3 aromatic rings. The Bertz CT molecular complexity index is 1130.